The van der Waals surface area contributed by atoms with Gasteiger partial charge in [-0.2, -0.15) is 0 Å². The van der Waals surface area contributed by atoms with Gasteiger partial charge in [-0.15, -0.1) is 0 Å². The number of hydrogen-bond acceptors (Lipinski definition) is 2. The van der Waals surface area contributed by atoms with Crippen LogP contribution in [-0.4, -0.2) is 0 Å². The molecule has 0 saturated heterocycles. The summed E-state index contributed by atoms with van der Waals surface area (Å²) in [4.78, 5) is 0. The average Bonchev–Trinajstić information content (AvgIpc) is 2.99. The first-order valence-electron chi connectivity index (χ1n) is 7.00. The maximum atomic E-state index is 12.8. The Balaban J connectivity index is 1.57. The van der Waals surface area contributed by atoms with Crippen molar-refractivity contribution in [1.82, 2.24) is 5.32 Å². The van der Waals surface area contributed by atoms with Crippen LogP contribution >= 0.6 is 11.6 Å². The third-order valence-corrected chi connectivity index (χ3v) is 3.58. The molecule has 1 N–H and O–H groups in total. The van der Waals surface area contributed by atoms with Crippen molar-refractivity contribution in [2.24, 2.45) is 0 Å². The van der Waals surface area contributed by atoms with Crippen molar-refractivity contribution in [2.75, 3.05) is 0 Å². The summed E-state index contributed by atoms with van der Waals surface area (Å²) in [6, 6.07) is 17.9. The zero-order valence-corrected chi connectivity index (χ0v) is 12.6. The Hall–Kier alpha value is -2.10. The Morgan fingerprint density at radius 2 is 1.59 bits per heavy atom. The quantitative estimate of drug-likeness (QED) is 0.714. The van der Waals surface area contributed by atoms with Gasteiger partial charge in [0.25, 0.3) is 0 Å². The molecule has 3 aromatic rings. The Kier molecular flexibility index (Phi) is 4.56. The van der Waals surface area contributed by atoms with Gasteiger partial charge in [0, 0.05) is 17.1 Å². The van der Waals surface area contributed by atoms with E-state index in [1.807, 2.05) is 36.4 Å². The third-order valence-electron chi connectivity index (χ3n) is 3.33. The lowest BCUT2D eigenvalue weighted by Crippen LogP contribution is -2.11. The average molecular weight is 316 g/mol. The minimum atomic E-state index is -0.220. The third kappa shape index (κ3) is 3.75. The SMILES string of the molecule is Fc1ccc(CNCc2ccc(-c3ccc(Cl)cc3)o2)cc1. The molecular weight excluding hydrogens is 301 g/mol. The molecule has 22 heavy (non-hydrogen) atoms. The number of nitrogens with one attached hydrogen (secondary N) is 1. The highest BCUT2D eigenvalue weighted by Gasteiger charge is 2.04. The number of benzene rings is 2. The Morgan fingerprint density at radius 1 is 0.864 bits per heavy atom. The molecular formula is C18H15ClFNO. The van der Waals surface area contributed by atoms with Crippen molar-refractivity contribution in [2.45, 2.75) is 13.1 Å². The van der Waals surface area contributed by atoms with Gasteiger partial charge in [-0.25, -0.2) is 4.39 Å². The lowest BCUT2D eigenvalue weighted by molar-refractivity contribution is 0.493. The fourth-order valence-corrected chi connectivity index (χ4v) is 2.30. The maximum Gasteiger partial charge on any atom is 0.134 e. The molecule has 0 atom stereocenters. The highest BCUT2D eigenvalue weighted by atomic mass is 35.5. The molecule has 1 heterocycles. The van der Waals surface area contributed by atoms with E-state index in [0.717, 1.165) is 22.6 Å². The molecule has 0 aliphatic heterocycles. The van der Waals surface area contributed by atoms with E-state index in [-0.39, 0.29) is 5.82 Å². The van der Waals surface area contributed by atoms with E-state index in [1.165, 1.54) is 12.1 Å². The second-order valence-corrected chi connectivity index (χ2v) is 5.44. The molecule has 1 aromatic heterocycles. The number of rotatable bonds is 5. The predicted molar refractivity (Wildman–Crippen MR) is 86.1 cm³/mol. The summed E-state index contributed by atoms with van der Waals surface area (Å²) in [6.07, 6.45) is 0. The number of hydrogen-bond donors (Lipinski definition) is 1. The van der Waals surface area contributed by atoms with Gasteiger partial charge < -0.3 is 9.73 Å². The minimum absolute atomic E-state index is 0.220. The summed E-state index contributed by atoms with van der Waals surface area (Å²) < 4.78 is 18.6. The predicted octanol–water partition coefficient (Wildman–Crippen LogP) is 5.03. The summed E-state index contributed by atoms with van der Waals surface area (Å²) in [7, 11) is 0. The maximum absolute atomic E-state index is 12.8. The van der Waals surface area contributed by atoms with Crippen LogP contribution in [0, 0.1) is 5.82 Å². The fourth-order valence-electron chi connectivity index (χ4n) is 2.17. The van der Waals surface area contributed by atoms with Gasteiger partial charge in [-0.1, -0.05) is 23.7 Å². The van der Waals surface area contributed by atoms with Crippen LogP contribution in [-0.2, 0) is 13.1 Å². The molecule has 112 valence electrons. The van der Waals surface area contributed by atoms with Crippen LogP contribution in [0.5, 0.6) is 0 Å². The van der Waals surface area contributed by atoms with Crippen LogP contribution in [0.15, 0.2) is 65.1 Å². The van der Waals surface area contributed by atoms with Crippen LogP contribution < -0.4 is 5.32 Å². The summed E-state index contributed by atoms with van der Waals surface area (Å²) in [5, 5.41) is 3.98. The van der Waals surface area contributed by atoms with E-state index in [2.05, 4.69) is 5.32 Å². The summed E-state index contributed by atoms with van der Waals surface area (Å²) in [5.74, 6) is 1.45. The summed E-state index contributed by atoms with van der Waals surface area (Å²) in [5.41, 5.74) is 2.03. The van der Waals surface area contributed by atoms with Crippen molar-refractivity contribution in [3.05, 3.63) is 82.8 Å². The van der Waals surface area contributed by atoms with Crippen molar-refractivity contribution in [3.8, 4) is 11.3 Å². The highest BCUT2D eigenvalue weighted by molar-refractivity contribution is 6.30. The number of furan rings is 1. The zero-order chi connectivity index (χ0) is 15.4. The zero-order valence-electron chi connectivity index (χ0n) is 11.9. The van der Waals surface area contributed by atoms with Gasteiger partial charge in [0.05, 0.1) is 6.54 Å². The molecule has 0 bridgehead atoms. The second kappa shape index (κ2) is 6.77. The van der Waals surface area contributed by atoms with E-state index in [4.69, 9.17) is 16.0 Å². The largest absolute Gasteiger partial charge is 0.460 e. The van der Waals surface area contributed by atoms with E-state index in [9.17, 15) is 4.39 Å². The molecule has 0 saturated carbocycles. The van der Waals surface area contributed by atoms with Crippen LogP contribution in [0.1, 0.15) is 11.3 Å². The molecule has 2 nitrogen and oxygen atoms in total. The lowest BCUT2D eigenvalue weighted by Gasteiger charge is -2.03. The molecule has 0 aliphatic rings. The van der Waals surface area contributed by atoms with Crippen molar-refractivity contribution >= 4 is 11.6 Å². The highest BCUT2D eigenvalue weighted by Crippen LogP contribution is 2.23. The molecule has 0 unspecified atom stereocenters. The van der Waals surface area contributed by atoms with Crippen LogP contribution in [0.2, 0.25) is 5.02 Å². The molecule has 0 radical (unpaired) electrons. The van der Waals surface area contributed by atoms with Gasteiger partial charge >= 0.3 is 0 Å². The van der Waals surface area contributed by atoms with Crippen LogP contribution in [0.3, 0.4) is 0 Å². The molecule has 0 fully saturated rings. The van der Waals surface area contributed by atoms with Crippen LogP contribution in [0.4, 0.5) is 4.39 Å². The number of halogens is 2. The van der Waals surface area contributed by atoms with Gasteiger partial charge in [-0.05, 0) is 54.1 Å². The van der Waals surface area contributed by atoms with Gasteiger partial charge in [0.15, 0.2) is 0 Å². The monoisotopic (exact) mass is 315 g/mol. The fraction of sp³-hybridized carbons (Fsp3) is 0.111. The normalized spacial score (nSPS) is 10.8. The summed E-state index contributed by atoms with van der Waals surface area (Å²) in [6.45, 7) is 1.28. The minimum Gasteiger partial charge on any atom is -0.460 e. The van der Waals surface area contributed by atoms with Crippen LogP contribution in [0.25, 0.3) is 11.3 Å². The second-order valence-electron chi connectivity index (χ2n) is 5.00. The Labute approximate surface area is 133 Å². The molecule has 3 rings (SSSR count). The van der Waals surface area contributed by atoms with Crippen molar-refractivity contribution in [1.29, 1.82) is 0 Å². The lowest BCUT2D eigenvalue weighted by atomic mass is 10.2. The first-order chi connectivity index (χ1) is 10.7. The van der Waals surface area contributed by atoms with Gasteiger partial charge in [-0.3, -0.25) is 0 Å². The van der Waals surface area contributed by atoms with Gasteiger partial charge in [0.2, 0.25) is 0 Å². The van der Waals surface area contributed by atoms with E-state index in [1.54, 1.807) is 12.1 Å². The standard InChI is InChI=1S/C18H15ClFNO/c19-15-5-3-14(4-6-15)18-10-9-17(22-18)12-21-11-13-1-7-16(20)8-2-13/h1-10,21H,11-12H2. The van der Waals surface area contributed by atoms with E-state index in [0.29, 0.717) is 18.1 Å². The molecule has 0 spiro atoms. The van der Waals surface area contributed by atoms with E-state index < -0.39 is 0 Å². The Morgan fingerprint density at radius 3 is 2.32 bits per heavy atom. The summed E-state index contributed by atoms with van der Waals surface area (Å²) >= 11 is 5.88. The first-order valence-corrected chi connectivity index (χ1v) is 7.38. The smallest absolute Gasteiger partial charge is 0.134 e. The van der Waals surface area contributed by atoms with Crippen molar-refractivity contribution in [3.63, 3.8) is 0 Å². The topological polar surface area (TPSA) is 25.2 Å². The molecule has 4 heteroatoms. The van der Waals surface area contributed by atoms with Gasteiger partial charge in [0.1, 0.15) is 17.3 Å². The van der Waals surface area contributed by atoms with E-state index >= 15 is 0 Å². The Bertz CT molecular complexity index is 735. The van der Waals surface area contributed by atoms with Crippen molar-refractivity contribution < 1.29 is 8.81 Å². The molecule has 0 amide bonds. The molecule has 2 aromatic carbocycles. The molecule has 0 aliphatic carbocycles. The first kappa shape index (κ1) is 14.8.